The summed E-state index contributed by atoms with van der Waals surface area (Å²) in [5.74, 6) is -0.416. The highest BCUT2D eigenvalue weighted by atomic mass is 16.6. The second-order valence-electron chi connectivity index (χ2n) is 16.1. The van der Waals surface area contributed by atoms with Crippen LogP contribution in [0, 0.1) is 0 Å². The van der Waals surface area contributed by atoms with Crippen LogP contribution in [0.4, 0.5) is 0 Å². The van der Waals surface area contributed by atoms with Crippen molar-refractivity contribution in [3.63, 3.8) is 0 Å². The van der Waals surface area contributed by atoms with E-state index in [1.54, 1.807) is 0 Å². The van der Waals surface area contributed by atoms with Gasteiger partial charge in [-0.25, -0.2) is 0 Å². The van der Waals surface area contributed by atoms with Crippen LogP contribution in [0.2, 0.25) is 0 Å². The average molecular weight is 1010 g/mol. The molecule has 70 heavy (non-hydrogen) atoms. The largest absolute Gasteiger partial charge is 0.379 e. The van der Waals surface area contributed by atoms with Crippen molar-refractivity contribution >= 4 is 23.6 Å². The minimum Gasteiger partial charge on any atom is -0.379 e. The Hall–Kier alpha value is -2.72. The minimum absolute atomic E-state index is 0.0763. The SMILES string of the molecule is NCCCCCC(N)C(=O)NCCCOCCOCCOCCCNC(=O)CCOCCOCCOCCOCCOCCC(=O)NCCCOCCOCCOCCCNC(=O)[C@@H](N)CCCCN. The van der Waals surface area contributed by atoms with Gasteiger partial charge in [0.2, 0.25) is 23.6 Å². The zero-order chi connectivity index (χ0) is 51.1. The number of carbonyl (C=O) groups is 4. The van der Waals surface area contributed by atoms with Gasteiger partial charge < -0.3 is 96.3 Å². The lowest BCUT2D eigenvalue weighted by Gasteiger charge is -2.12. The second-order valence-corrected chi connectivity index (χ2v) is 16.1. The van der Waals surface area contributed by atoms with Gasteiger partial charge in [-0.05, 0) is 64.5 Å². The molecule has 0 spiro atoms. The molecule has 0 radical (unpaired) electrons. The molecule has 23 nitrogen and oxygen atoms in total. The molecule has 2 atom stereocenters. The van der Waals surface area contributed by atoms with Crippen LogP contribution in [0.3, 0.4) is 0 Å². The predicted octanol–water partition coefficient (Wildman–Crippen LogP) is -0.723. The van der Waals surface area contributed by atoms with Crippen molar-refractivity contribution < 1.29 is 71.3 Å². The van der Waals surface area contributed by atoms with Crippen LogP contribution in [-0.4, -0.2) is 220 Å². The summed E-state index contributed by atoms with van der Waals surface area (Å²) in [6.07, 6.45) is 9.22. The molecule has 23 heteroatoms. The Bertz CT molecular complexity index is 1170. The Kier molecular flexibility index (Phi) is 53.4. The Morgan fingerprint density at radius 2 is 0.543 bits per heavy atom. The third kappa shape index (κ3) is 51.6. The van der Waals surface area contributed by atoms with Crippen LogP contribution in [0.1, 0.15) is 83.5 Å². The fraction of sp³-hybridized carbons (Fsp3) is 0.915. The molecule has 0 aliphatic heterocycles. The first-order chi connectivity index (χ1) is 34.3. The third-order valence-electron chi connectivity index (χ3n) is 9.89. The highest BCUT2D eigenvalue weighted by Crippen LogP contribution is 2.02. The molecule has 0 aromatic carbocycles. The van der Waals surface area contributed by atoms with Gasteiger partial charge in [0.15, 0.2) is 0 Å². The highest BCUT2D eigenvalue weighted by molar-refractivity contribution is 5.81. The quantitative estimate of drug-likeness (QED) is 0.0349. The highest BCUT2D eigenvalue weighted by Gasteiger charge is 2.13. The number of nitrogens with one attached hydrogen (secondary N) is 4. The Labute approximate surface area is 418 Å². The summed E-state index contributed by atoms with van der Waals surface area (Å²) in [4.78, 5) is 47.9. The molecule has 0 heterocycles. The predicted molar refractivity (Wildman–Crippen MR) is 265 cm³/mol. The summed E-state index contributed by atoms with van der Waals surface area (Å²) in [5, 5.41) is 11.4. The Morgan fingerprint density at radius 3 is 0.843 bits per heavy atom. The number of carbonyl (C=O) groups excluding carboxylic acids is 4. The van der Waals surface area contributed by atoms with Crippen molar-refractivity contribution in [1.82, 2.24) is 21.3 Å². The van der Waals surface area contributed by atoms with Gasteiger partial charge in [-0.2, -0.15) is 0 Å². The molecule has 0 saturated heterocycles. The second kappa shape index (κ2) is 55.6. The Morgan fingerprint density at radius 1 is 0.300 bits per heavy atom. The van der Waals surface area contributed by atoms with Gasteiger partial charge >= 0.3 is 0 Å². The van der Waals surface area contributed by atoms with E-state index >= 15 is 0 Å². The molecule has 4 amide bonds. The fourth-order valence-corrected chi connectivity index (χ4v) is 5.87. The summed E-state index contributed by atoms with van der Waals surface area (Å²) in [7, 11) is 0. The number of hydrogen-bond donors (Lipinski definition) is 8. The van der Waals surface area contributed by atoms with Gasteiger partial charge in [-0.1, -0.05) is 19.3 Å². The number of hydrogen-bond acceptors (Lipinski definition) is 19. The van der Waals surface area contributed by atoms with E-state index in [2.05, 4.69) is 21.3 Å². The molecule has 0 rings (SSSR count). The summed E-state index contributed by atoms with van der Waals surface area (Å²) < 4.78 is 60.5. The van der Waals surface area contributed by atoms with Gasteiger partial charge in [-0.15, -0.1) is 0 Å². The van der Waals surface area contributed by atoms with E-state index in [0.29, 0.717) is 223 Å². The molecule has 1 unspecified atom stereocenters. The van der Waals surface area contributed by atoms with Crippen molar-refractivity contribution in [2.45, 2.75) is 95.6 Å². The zero-order valence-corrected chi connectivity index (χ0v) is 42.6. The monoisotopic (exact) mass is 1010 g/mol. The van der Waals surface area contributed by atoms with E-state index in [0.717, 1.165) is 32.1 Å². The summed E-state index contributed by atoms with van der Waals surface area (Å²) in [6, 6.07) is -0.967. The average Bonchev–Trinajstić information content (AvgIpc) is 3.35. The molecule has 0 bridgehead atoms. The van der Waals surface area contributed by atoms with Gasteiger partial charge in [0.05, 0.1) is 131 Å². The van der Waals surface area contributed by atoms with Gasteiger partial charge in [0.25, 0.3) is 0 Å². The maximum Gasteiger partial charge on any atom is 0.236 e. The van der Waals surface area contributed by atoms with Crippen LogP contribution in [0.5, 0.6) is 0 Å². The number of nitrogens with two attached hydrogens (primary N) is 4. The lowest BCUT2D eigenvalue weighted by molar-refractivity contribution is -0.123. The number of rotatable bonds is 57. The molecule has 0 aliphatic carbocycles. The summed E-state index contributed by atoms with van der Waals surface area (Å²) >= 11 is 0. The molecule has 0 saturated carbocycles. The zero-order valence-electron chi connectivity index (χ0n) is 42.6. The van der Waals surface area contributed by atoms with Crippen LogP contribution >= 0.6 is 0 Å². The maximum atomic E-state index is 12.0. The van der Waals surface area contributed by atoms with Gasteiger partial charge in [0, 0.05) is 65.4 Å². The lowest BCUT2D eigenvalue weighted by Crippen LogP contribution is -2.41. The van der Waals surface area contributed by atoms with Crippen LogP contribution in [0.15, 0.2) is 0 Å². The van der Waals surface area contributed by atoms with Crippen molar-refractivity contribution in [1.29, 1.82) is 0 Å². The van der Waals surface area contributed by atoms with E-state index in [-0.39, 0.29) is 36.5 Å². The maximum absolute atomic E-state index is 12.0. The van der Waals surface area contributed by atoms with Crippen molar-refractivity contribution in [3.8, 4) is 0 Å². The number of amides is 4. The van der Waals surface area contributed by atoms with Crippen LogP contribution in [0.25, 0.3) is 0 Å². The lowest BCUT2D eigenvalue weighted by atomic mass is 10.1. The molecular weight excluding hydrogens is 917 g/mol. The summed E-state index contributed by atoms with van der Waals surface area (Å²) in [6.45, 7) is 13.1. The first-order valence-electron chi connectivity index (χ1n) is 25.7. The number of ether oxygens (including phenoxy) is 11. The minimum atomic E-state index is -0.491. The van der Waals surface area contributed by atoms with Crippen molar-refractivity contribution in [2.75, 3.05) is 185 Å². The molecule has 0 fully saturated rings. The molecule has 12 N–H and O–H groups in total. The van der Waals surface area contributed by atoms with E-state index in [1.165, 1.54) is 0 Å². The van der Waals surface area contributed by atoms with Gasteiger partial charge in [0.1, 0.15) is 0 Å². The Balaban J connectivity index is 3.28. The molecule has 0 aliphatic rings. The number of unbranched alkanes of at least 4 members (excludes halogenated alkanes) is 3. The summed E-state index contributed by atoms with van der Waals surface area (Å²) in [5.41, 5.74) is 22.7. The van der Waals surface area contributed by atoms with Crippen LogP contribution in [-0.2, 0) is 71.3 Å². The first kappa shape index (κ1) is 67.3. The van der Waals surface area contributed by atoms with E-state index in [1.807, 2.05) is 0 Å². The smallest absolute Gasteiger partial charge is 0.236 e. The van der Waals surface area contributed by atoms with E-state index in [4.69, 9.17) is 75.0 Å². The van der Waals surface area contributed by atoms with Crippen molar-refractivity contribution in [3.05, 3.63) is 0 Å². The molecule has 414 valence electrons. The third-order valence-corrected chi connectivity index (χ3v) is 9.89. The molecule has 0 aromatic heterocycles. The first-order valence-corrected chi connectivity index (χ1v) is 25.7. The fourth-order valence-electron chi connectivity index (χ4n) is 5.87. The van der Waals surface area contributed by atoms with Gasteiger partial charge in [-0.3, -0.25) is 19.2 Å². The standard InChI is InChI=1S/C47H96N8O15/c48-14-4-1-2-10-42(50)46(58)54-18-8-22-62-28-34-66-32-26-60-20-6-16-52-44(56)12-24-64-30-36-68-38-40-70-41-39-69-37-31-65-25-13-45(57)53-17-7-21-61-27-33-67-35-29-63-23-9-19-55-47(59)43(51)11-3-5-15-49/h42-43H,1-41,48-51H2,(H,52,56)(H,53,57)(H,54,58)(H,55,59)/t42?,43-/m0/s1. The van der Waals surface area contributed by atoms with E-state index in [9.17, 15) is 19.2 Å². The normalized spacial score (nSPS) is 12.2. The topological polar surface area (TPSA) is 322 Å². The molecular formula is C47H96N8O15. The van der Waals surface area contributed by atoms with Crippen molar-refractivity contribution in [2.24, 2.45) is 22.9 Å². The molecule has 0 aromatic rings. The van der Waals surface area contributed by atoms with E-state index < -0.39 is 12.1 Å². The van der Waals surface area contributed by atoms with Crippen LogP contribution < -0.4 is 44.2 Å².